The topological polar surface area (TPSA) is 29.1 Å². The quantitative estimate of drug-likeness (QED) is 0.681. The van der Waals surface area contributed by atoms with Crippen molar-refractivity contribution in [3.05, 3.63) is 0 Å². The summed E-state index contributed by atoms with van der Waals surface area (Å²) in [6.45, 7) is 1.51. The van der Waals surface area contributed by atoms with Crippen molar-refractivity contribution in [1.82, 2.24) is 4.72 Å². The smallest absolute Gasteiger partial charge is 0.226 e. The third kappa shape index (κ3) is 6.30. The van der Waals surface area contributed by atoms with E-state index in [1.807, 2.05) is 12.5 Å². The van der Waals surface area contributed by atoms with Crippen LogP contribution in [0.2, 0.25) is 0 Å². The molecule has 0 radical (unpaired) electrons. The van der Waals surface area contributed by atoms with E-state index < -0.39 is 8.65 Å². The van der Waals surface area contributed by atoms with Crippen LogP contribution in [0.5, 0.6) is 0 Å². The van der Waals surface area contributed by atoms with Crippen molar-refractivity contribution in [3.8, 4) is 0 Å². The molecule has 0 spiro atoms. The summed E-state index contributed by atoms with van der Waals surface area (Å²) in [7, 11) is -1.01. The number of rotatable bonds is 1. The Morgan fingerprint density at radius 2 is 2.00 bits per heavy atom. The first-order valence-corrected chi connectivity index (χ1v) is 6.42. The average molecular weight is 200 g/mol. The van der Waals surface area contributed by atoms with Gasteiger partial charge >= 0.3 is 0 Å². The lowest BCUT2D eigenvalue weighted by Gasteiger charge is -2.22. The summed E-state index contributed by atoms with van der Waals surface area (Å²) in [6, 6.07) is 0. The molecule has 8 heavy (non-hydrogen) atoms. The monoisotopic (exact) mass is 199 g/mol. The van der Waals surface area contributed by atoms with E-state index in [4.69, 9.17) is 0 Å². The van der Waals surface area contributed by atoms with Crippen LogP contribution in [0.15, 0.2) is 0 Å². The fourth-order valence-electron chi connectivity index (χ4n) is 0.342. The second kappa shape index (κ2) is 2.73. The van der Waals surface area contributed by atoms with Gasteiger partial charge in [0.25, 0.3) is 0 Å². The Bertz CT molecular complexity index is 98.7. The molecule has 4 heteroatoms. The van der Waals surface area contributed by atoms with Gasteiger partial charge in [0.15, 0.2) is 0 Å². The molecule has 0 aromatic heterocycles. The third-order valence-electron chi connectivity index (χ3n) is 0.386. The highest BCUT2D eigenvalue weighted by Crippen LogP contribution is 2.42. The number of hydrogen-bond acceptors (Lipinski definition) is 1. The summed E-state index contributed by atoms with van der Waals surface area (Å²) in [4.78, 5) is 10.3. The molecule has 0 aromatic carbocycles. The first-order chi connectivity index (χ1) is 3.42. The summed E-state index contributed by atoms with van der Waals surface area (Å²) in [5, 5.41) is 0. The van der Waals surface area contributed by atoms with Crippen LogP contribution >= 0.6 is 23.5 Å². The van der Waals surface area contributed by atoms with Crippen molar-refractivity contribution >= 4 is 29.4 Å². The minimum absolute atomic E-state index is 0.0156. The molecule has 0 fully saturated rings. The number of hydrogen-bond donors (Lipinski definition) is 1. The Morgan fingerprint density at radius 3 is 2.00 bits per heavy atom. The number of carbonyl (C=O) groups excluding carboxylic acids is 1. The van der Waals surface area contributed by atoms with Gasteiger partial charge in [-0.05, 0) is 27.3 Å². The first-order valence-electron chi connectivity index (χ1n) is 2.13. The Kier molecular flexibility index (Phi) is 2.83. The molecular weight excluding hydrogens is 190 g/mol. The highest BCUT2D eigenvalue weighted by molar-refractivity contribution is 9.57. The van der Waals surface area contributed by atoms with Crippen LogP contribution in [0.1, 0.15) is 6.92 Å². The zero-order valence-corrected chi connectivity index (χ0v) is 7.60. The lowest BCUT2D eigenvalue weighted by molar-refractivity contribution is -0.117. The minimum atomic E-state index is -1.01. The second-order valence-corrected chi connectivity index (χ2v) is 9.33. The first kappa shape index (κ1) is 8.30. The van der Waals surface area contributed by atoms with Gasteiger partial charge in [-0.15, -0.1) is 8.65 Å². The maximum absolute atomic E-state index is 10.3. The molecule has 0 rings (SSSR count). The zero-order valence-electron chi connectivity index (χ0n) is 5.19. The van der Waals surface area contributed by atoms with Crippen molar-refractivity contribution < 1.29 is 4.79 Å². The molecule has 0 saturated heterocycles. The second-order valence-electron chi connectivity index (χ2n) is 1.86. The maximum atomic E-state index is 10.3. The van der Waals surface area contributed by atoms with Gasteiger partial charge in [-0.3, -0.25) is 4.79 Å². The zero-order chi connectivity index (χ0) is 6.78. The lowest BCUT2D eigenvalue weighted by Crippen LogP contribution is -2.19. The number of amides is 1. The summed E-state index contributed by atoms with van der Waals surface area (Å²) < 4.78 is 2.74. The summed E-state index contributed by atoms with van der Waals surface area (Å²) in [5.74, 6) is 0.0156. The fraction of sp³-hybridized carbons (Fsp3) is 0.750. The van der Waals surface area contributed by atoms with Crippen LogP contribution in [0.3, 0.4) is 0 Å². The van der Waals surface area contributed by atoms with Gasteiger partial charge in [0, 0.05) is 6.92 Å². The van der Waals surface area contributed by atoms with Crippen LogP contribution in [0.25, 0.3) is 0 Å². The van der Waals surface area contributed by atoms with Crippen LogP contribution in [-0.4, -0.2) is 18.4 Å². The maximum Gasteiger partial charge on any atom is 0.226 e. The van der Waals surface area contributed by atoms with E-state index in [0.29, 0.717) is 0 Å². The molecule has 0 atom stereocenters. The normalized spacial score (nSPS) is 13.0. The minimum Gasteiger partial charge on any atom is -0.310 e. The van der Waals surface area contributed by atoms with E-state index in [0.717, 1.165) is 0 Å². The fourth-order valence-corrected chi connectivity index (χ4v) is 1.71. The van der Waals surface area contributed by atoms with Crippen molar-refractivity contribution in [2.75, 3.05) is 12.5 Å². The van der Waals surface area contributed by atoms with Crippen molar-refractivity contribution in [2.24, 2.45) is 0 Å². The molecule has 0 aromatic rings. The molecule has 2 nitrogen and oxygen atoms in total. The highest BCUT2D eigenvalue weighted by Gasteiger charge is 2.04. The van der Waals surface area contributed by atoms with Crippen LogP contribution in [0, 0.1) is 0 Å². The molecule has 0 unspecified atom stereocenters. The Labute approximate surface area is 58.7 Å². The van der Waals surface area contributed by atoms with Gasteiger partial charge < -0.3 is 4.72 Å². The standard InChI is InChI=1S/C4H10BrNOS/c1-4(7)6-8(2,3)5/h1-3H3,(H,6,7). The van der Waals surface area contributed by atoms with Crippen molar-refractivity contribution in [3.63, 3.8) is 0 Å². The average Bonchev–Trinajstić information content (AvgIpc) is 1.21. The van der Waals surface area contributed by atoms with Gasteiger partial charge in [-0.25, -0.2) is 0 Å². The van der Waals surface area contributed by atoms with E-state index >= 15 is 0 Å². The Morgan fingerprint density at radius 1 is 1.62 bits per heavy atom. The van der Waals surface area contributed by atoms with Crippen LogP contribution in [-0.2, 0) is 4.79 Å². The van der Waals surface area contributed by atoms with E-state index in [2.05, 4.69) is 19.5 Å². The van der Waals surface area contributed by atoms with Gasteiger partial charge in [-0.2, -0.15) is 0 Å². The van der Waals surface area contributed by atoms with Gasteiger partial charge in [0.2, 0.25) is 5.91 Å². The molecule has 1 N–H and O–H groups in total. The predicted octanol–water partition coefficient (Wildman–Crippen LogP) is 1.41. The van der Waals surface area contributed by atoms with E-state index in [-0.39, 0.29) is 5.91 Å². The third-order valence-corrected chi connectivity index (χ3v) is 1.64. The number of nitrogens with one attached hydrogen (secondary N) is 1. The molecule has 0 bridgehead atoms. The Balaban J connectivity index is 3.55. The summed E-state index contributed by atoms with van der Waals surface area (Å²) >= 11 is 3.33. The van der Waals surface area contributed by atoms with Crippen molar-refractivity contribution in [2.45, 2.75) is 6.92 Å². The van der Waals surface area contributed by atoms with Gasteiger partial charge in [0.1, 0.15) is 0 Å². The number of carbonyl (C=O) groups is 1. The SMILES string of the molecule is CC(=O)NS(C)(C)Br. The van der Waals surface area contributed by atoms with Crippen LogP contribution in [0.4, 0.5) is 0 Å². The molecule has 0 aliphatic carbocycles. The van der Waals surface area contributed by atoms with E-state index in [1.54, 1.807) is 0 Å². The largest absolute Gasteiger partial charge is 0.310 e. The molecular formula is C4H10BrNOS. The molecule has 1 amide bonds. The van der Waals surface area contributed by atoms with Gasteiger partial charge in [0.05, 0.1) is 0 Å². The van der Waals surface area contributed by atoms with Crippen LogP contribution < -0.4 is 4.72 Å². The summed E-state index contributed by atoms with van der Waals surface area (Å²) in [6.07, 6.45) is 3.91. The van der Waals surface area contributed by atoms with E-state index in [1.165, 1.54) is 6.92 Å². The highest BCUT2D eigenvalue weighted by atomic mass is 79.9. The molecule has 0 aliphatic rings. The number of halogens is 1. The lowest BCUT2D eigenvalue weighted by atomic mass is 10.8. The van der Waals surface area contributed by atoms with E-state index in [9.17, 15) is 4.79 Å². The Hall–Kier alpha value is 0.300. The molecule has 50 valence electrons. The predicted molar refractivity (Wildman–Crippen MR) is 42.2 cm³/mol. The molecule has 0 heterocycles. The summed E-state index contributed by atoms with van der Waals surface area (Å²) in [5.41, 5.74) is 0. The molecule has 0 aliphatic heterocycles. The molecule has 0 saturated carbocycles. The van der Waals surface area contributed by atoms with Gasteiger partial charge in [-0.1, -0.05) is 0 Å². The van der Waals surface area contributed by atoms with Crippen molar-refractivity contribution in [1.29, 1.82) is 0 Å².